The summed E-state index contributed by atoms with van der Waals surface area (Å²) in [4.78, 5) is 13.4. The Morgan fingerprint density at radius 1 is 1.45 bits per heavy atom. The fourth-order valence-electron chi connectivity index (χ4n) is 3.13. The minimum atomic E-state index is -1.07. The van der Waals surface area contributed by atoms with E-state index < -0.39 is 12.2 Å². The Morgan fingerprint density at radius 3 is 2.95 bits per heavy atom. The van der Waals surface area contributed by atoms with Gasteiger partial charge in [0.1, 0.15) is 12.2 Å². The molecule has 0 unspecified atom stereocenters. The first-order valence-electron chi connectivity index (χ1n) is 7.14. The minimum absolute atomic E-state index is 0.0448. The normalized spacial score (nSPS) is 33.4. The van der Waals surface area contributed by atoms with E-state index in [1.165, 1.54) is 4.90 Å². The first-order valence-corrected chi connectivity index (χ1v) is 7.14. The number of nitrogens with one attached hydrogen (secondary N) is 2. The van der Waals surface area contributed by atoms with Crippen LogP contribution in [0.3, 0.4) is 0 Å². The van der Waals surface area contributed by atoms with Crippen LogP contribution in [0.4, 0.5) is 4.39 Å². The van der Waals surface area contributed by atoms with Crippen molar-refractivity contribution in [3.05, 3.63) is 0 Å². The van der Waals surface area contributed by atoms with Crippen molar-refractivity contribution in [3.8, 4) is 6.07 Å². The van der Waals surface area contributed by atoms with Gasteiger partial charge >= 0.3 is 0 Å². The van der Waals surface area contributed by atoms with Crippen molar-refractivity contribution in [2.45, 2.75) is 43.9 Å². The van der Waals surface area contributed by atoms with Crippen LogP contribution in [-0.2, 0) is 4.79 Å². The smallest absolute Gasteiger partial charge is 0.237 e. The van der Waals surface area contributed by atoms with Crippen molar-refractivity contribution in [2.75, 3.05) is 19.6 Å². The van der Waals surface area contributed by atoms with E-state index >= 15 is 0 Å². The number of carbonyl (C=O) groups excluding carboxylic acids is 1. The molecule has 0 radical (unpaired) electrons. The van der Waals surface area contributed by atoms with Crippen LogP contribution in [0.2, 0.25) is 0 Å². The zero-order valence-corrected chi connectivity index (χ0v) is 11.5. The summed E-state index contributed by atoms with van der Waals surface area (Å²) in [6.07, 6.45) is 2.16. The Labute approximate surface area is 118 Å². The molecule has 4 N–H and O–H groups in total. The average Bonchev–Trinajstić information content (AvgIpc) is 3.03. The molecule has 0 bridgehead atoms. The van der Waals surface area contributed by atoms with Crippen LogP contribution in [0.5, 0.6) is 0 Å². The molecule has 1 saturated carbocycles. The largest absolute Gasteiger partial charge is 0.323 e. The molecular weight excluding hydrogens is 261 g/mol. The quantitative estimate of drug-likeness (QED) is 0.474. The van der Waals surface area contributed by atoms with Gasteiger partial charge in [-0.05, 0) is 25.2 Å². The first-order chi connectivity index (χ1) is 9.63. The third-order valence-corrected chi connectivity index (χ3v) is 4.21. The van der Waals surface area contributed by atoms with Crippen LogP contribution in [-0.4, -0.2) is 48.7 Å². The second-order valence-electron chi connectivity index (χ2n) is 5.69. The van der Waals surface area contributed by atoms with E-state index in [0.717, 1.165) is 25.8 Å². The van der Waals surface area contributed by atoms with Gasteiger partial charge in [0.25, 0.3) is 0 Å². The topological polar surface area (TPSA) is 94.2 Å². The Hall–Kier alpha value is -1.23. The van der Waals surface area contributed by atoms with Gasteiger partial charge in [0, 0.05) is 19.0 Å². The second kappa shape index (κ2) is 6.97. The van der Waals surface area contributed by atoms with Crippen molar-refractivity contribution in [2.24, 2.45) is 11.8 Å². The number of likely N-dealkylation sites (tertiary alicyclic amines) is 1. The lowest BCUT2D eigenvalue weighted by molar-refractivity contribution is -0.130. The van der Waals surface area contributed by atoms with Gasteiger partial charge in [-0.25, -0.2) is 4.39 Å². The number of nitriles is 1. The van der Waals surface area contributed by atoms with E-state index in [0.29, 0.717) is 12.0 Å². The summed E-state index contributed by atoms with van der Waals surface area (Å²) in [6.45, 7) is 1.01. The number of hydrazine groups is 1. The van der Waals surface area contributed by atoms with Crippen molar-refractivity contribution < 1.29 is 9.18 Å². The predicted octanol–water partition coefficient (Wildman–Crippen LogP) is -0.329. The molecule has 7 heteroatoms. The van der Waals surface area contributed by atoms with Crippen LogP contribution in [0.25, 0.3) is 0 Å². The number of halogens is 1. The van der Waals surface area contributed by atoms with Crippen LogP contribution in [0.1, 0.15) is 25.7 Å². The van der Waals surface area contributed by atoms with E-state index in [1.807, 2.05) is 6.07 Å². The predicted molar refractivity (Wildman–Crippen MR) is 71.9 cm³/mol. The number of nitrogens with two attached hydrogens (primary N) is 1. The van der Waals surface area contributed by atoms with Gasteiger partial charge in [0.05, 0.1) is 19.2 Å². The molecule has 0 aromatic carbocycles. The number of alkyl halides is 1. The highest BCUT2D eigenvalue weighted by atomic mass is 19.1. The maximum absolute atomic E-state index is 13.3. The van der Waals surface area contributed by atoms with Crippen molar-refractivity contribution >= 4 is 5.91 Å². The Bertz CT molecular complexity index is 385. The summed E-state index contributed by atoms with van der Waals surface area (Å²) in [5.74, 6) is 5.66. The van der Waals surface area contributed by atoms with Crippen LogP contribution >= 0.6 is 0 Å². The summed E-state index contributed by atoms with van der Waals surface area (Å²) in [5, 5.41) is 12.1. The fourth-order valence-corrected chi connectivity index (χ4v) is 3.13. The number of hydrogen-bond acceptors (Lipinski definition) is 5. The molecule has 2 aliphatic rings. The Balaban J connectivity index is 1.74. The molecule has 112 valence electrons. The van der Waals surface area contributed by atoms with Crippen molar-refractivity contribution in [3.63, 3.8) is 0 Å². The number of carbonyl (C=O) groups is 1. The zero-order valence-electron chi connectivity index (χ0n) is 11.5. The summed E-state index contributed by atoms with van der Waals surface area (Å²) >= 11 is 0. The highest BCUT2D eigenvalue weighted by Gasteiger charge is 2.35. The molecule has 1 aliphatic carbocycles. The van der Waals surface area contributed by atoms with E-state index in [1.54, 1.807) is 0 Å². The van der Waals surface area contributed by atoms with Crippen LogP contribution in [0, 0.1) is 17.2 Å². The lowest BCUT2D eigenvalue weighted by Gasteiger charge is -2.21. The summed E-state index contributed by atoms with van der Waals surface area (Å²) < 4.78 is 13.3. The van der Waals surface area contributed by atoms with Gasteiger partial charge in [0.2, 0.25) is 5.91 Å². The standard InChI is InChI=1S/C13H22FN5O/c14-10-4-12(5-15)19(8-10)13(20)7-17-11-2-1-9(3-11)6-18-16/h9-12,17-18H,1-4,6-8,16H2/t9-,10-,11+,12-/m0/s1. The number of nitrogens with zero attached hydrogens (tertiary/aromatic N) is 2. The molecule has 0 aromatic heterocycles. The minimum Gasteiger partial charge on any atom is -0.323 e. The Kier molecular flexibility index (Phi) is 5.29. The molecule has 2 rings (SSSR count). The lowest BCUT2D eigenvalue weighted by Crippen LogP contribution is -2.43. The van der Waals surface area contributed by atoms with Crippen LogP contribution in [0.15, 0.2) is 0 Å². The maximum atomic E-state index is 13.3. The van der Waals surface area contributed by atoms with Crippen molar-refractivity contribution in [1.29, 1.82) is 5.26 Å². The number of hydrogen-bond donors (Lipinski definition) is 3. The lowest BCUT2D eigenvalue weighted by atomic mass is 10.1. The molecule has 2 fully saturated rings. The fraction of sp³-hybridized carbons (Fsp3) is 0.846. The van der Waals surface area contributed by atoms with Gasteiger partial charge in [-0.3, -0.25) is 16.1 Å². The molecule has 1 amide bonds. The van der Waals surface area contributed by atoms with E-state index in [9.17, 15) is 9.18 Å². The highest BCUT2D eigenvalue weighted by molar-refractivity contribution is 5.79. The van der Waals surface area contributed by atoms with E-state index in [4.69, 9.17) is 11.1 Å². The first kappa shape index (κ1) is 15.2. The maximum Gasteiger partial charge on any atom is 0.237 e. The van der Waals surface area contributed by atoms with E-state index in [2.05, 4.69) is 10.7 Å². The van der Waals surface area contributed by atoms with Gasteiger partial charge in [-0.1, -0.05) is 0 Å². The van der Waals surface area contributed by atoms with Crippen molar-refractivity contribution in [1.82, 2.24) is 15.6 Å². The van der Waals surface area contributed by atoms with Gasteiger partial charge in [-0.15, -0.1) is 0 Å². The molecule has 1 aliphatic heterocycles. The Morgan fingerprint density at radius 2 is 2.25 bits per heavy atom. The van der Waals surface area contributed by atoms with Gasteiger partial charge < -0.3 is 10.2 Å². The molecule has 1 saturated heterocycles. The third-order valence-electron chi connectivity index (χ3n) is 4.21. The molecule has 0 spiro atoms. The highest BCUT2D eigenvalue weighted by Crippen LogP contribution is 2.25. The summed E-state index contributed by atoms with van der Waals surface area (Å²) in [5.41, 5.74) is 2.68. The monoisotopic (exact) mass is 283 g/mol. The number of rotatable bonds is 5. The summed E-state index contributed by atoms with van der Waals surface area (Å²) in [6, 6.07) is 1.69. The average molecular weight is 283 g/mol. The van der Waals surface area contributed by atoms with Gasteiger partial charge in [0.15, 0.2) is 0 Å². The second-order valence-corrected chi connectivity index (χ2v) is 5.69. The molecule has 6 nitrogen and oxygen atoms in total. The summed E-state index contributed by atoms with van der Waals surface area (Å²) in [7, 11) is 0. The number of amides is 1. The third kappa shape index (κ3) is 3.66. The molecule has 0 aromatic rings. The molecule has 4 atom stereocenters. The van der Waals surface area contributed by atoms with Crippen LogP contribution < -0.4 is 16.6 Å². The van der Waals surface area contributed by atoms with Gasteiger partial charge in [-0.2, -0.15) is 5.26 Å². The molecular formula is C13H22FN5O. The SMILES string of the molecule is N#C[C@@H]1C[C@H](F)CN1C(=O)CN[C@@H]1CC[C@H](CNN)C1. The molecule has 20 heavy (non-hydrogen) atoms. The zero-order chi connectivity index (χ0) is 14.5. The van der Waals surface area contributed by atoms with E-state index in [-0.39, 0.29) is 25.4 Å². The molecule has 1 heterocycles.